The minimum Gasteiger partial charge on any atom is -0.372 e. The molecule has 1 amide bonds. The zero-order valence-corrected chi connectivity index (χ0v) is 13.8. The van der Waals surface area contributed by atoms with Gasteiger partial charge in [0.1, 0.15) is 6.04 Å². The van der Waals surface area contributed by atoms with Gasteiger partial charge in [0, 0.05) is 6.54 Å². The summed E-state index contributed by atoms with van der Waals surface area (Å²) in [4.78, 5) is 14.4. The van der Waals surface area contributed by atoms with Crippen LogP contribution >= 0.6 is 0 Å². The molecule has 3 nitrogen and oxygen atoms in total. The van der Waals surface area contributed by atoms with Gasteiger partial charge in [-0.2, -0.15) is 0 Å². The van der Waals surface area contributed by atoms with E-state index in [0.29, 0.717) is 0 Å². The van der Waals surface area contributed by atoms with Gasteiger partial charge in [0.05, 0.1) is 11.4 Å². The van der Waals surface area contributed by atoms with Crippen molar-refractivity contribution in [2.45, 2.75) is 65.8 Å². The molecule has 2 rings (SSSR count). The molecule has 1 aliphatic rings. The number of nitrogens with one attached hydrogen (secondary N) is 1. The maximum atomic E-state index is 12.5. The molecule has 0 radical (unpaired) electrons. The zero-order chi connectivity index (χ0) is 15.4. The van der Waals surface area contributed by atoms with Crippen LogP contribution < -0.4 is 10.2 Å². The summed E-state index contributed by atoms with van der Waals surface area (Å²) in [5, 5.41) is 3.33. The standard InChI is InChI=1S/C18H28N2O/c1-5-6-7-8-9-10-20-17-12-14(3)13(2)11-16(17)19-15(4)18(20)21/h11-12,15,19H,5-10H2,1-4H3. The van der Waals surface area contributed by atoms with Crippen molar-refractivity contribution < 1.29 is 4.79 Å². The van der Waals surface area contributed by atoms with Gasteiger partial charge in [-0.05, 0) is 50.5 Å². The van der Waals surface area contributed by atoms with Crippen molar-refractivity contribution in [3.63, 3.8) is 0 Å². The molecule has 0 spiro atoms. The van der Waals surface area contributed by atoms with Gasteiger partial charge >= 0.3 is 0 Å². The highest BCUT2D eigenvalue weighted by Crippen LogP contribution is 2.34. The van der Waals surface area contributed by atoms with Crippen LogP contribution in [0.15, 0.2) is 12.1 Å². The molecule has 1 aromatic rings. The smallest absolute Gasteiger partial charge is 0.249 e. The molecule has 1 unspecified atom stereocenters. The lowest BCUT2D eigenvalue weighted by Crippen LogP contribution is -2.46. The first-order valence-electron chi connectivity index (χ1n) is 8.23. The summed E-state index contributed by atoms with van der Waals surface area (Å²) in [6.07, 6.45) is 6.11. The van der Waals surface area contributed by atoms with E-state index in [9.17, 15) is 4.79 Å². The van der Waals surface area contributed by atoms with Gasteiger partial charge in [-0.15, -0.1) is 0 Å². The average Bonchev–Trinajstić information content (AvgIpc) is 2.45. The summed E-state index contributed by atoms with van der Waals surface area (Å²) in [7, 11) is 0. The molecule has 0 saturated carbocycles. The van der Waals surface area contributed by atoms with Gasteiger partial charge in [-0.25, -0.2) is 0 Å². The van der Waals surface area contributed by atoms with Gasteiger partial charge in [-0.1, -0.05) is 32.6 Å². The van der Waals surface area contributed by atoms with Crippen molar-refractivity contribution in [3.05, 3.63) is 23.3 Å². The fraction of sp³-hybridized carbons (Fsp3) is 0.611. The van der Waals surface area contributed by atoms with Gasteiger partial charge in [0.15, 0.2) is 0 Å². The molecule has 0 aliphatic carbocycles. The lowest BCUT2D eigenvalue weighted by Gasteiger charge is -2.34. The quantitative estimate of drug-likeness (QED) is 0.786. The molecule has 1 atom stereocenters. The van der Waals surface area contributed by atoms with E-state index >= 15 is 0 Å². The predicted molar refractivity (Wildman–Crippen MR) is 90.1 cm³/mol. The van der Waals surface area contributed by atoms with Crippen molar-refractivity contribution in [3.8, 4) is 0 Å². The number of rotatable bonds is 6. The van der Waals surface area contributed by atoms with E-state index in [1.54, 1.807) is 0 Å². The normalized spacial score (nSPS) is 17.6. The summed E-state index contributed by atoms with van der Waals surface area (Å²) in [6, 6.07) is 4.18. The number of amides is 1. The predicted octanol–water partition coefficient (Wildman–Crippen LogP) is 4.42. The minimum atomic E-state index is -0.129. The van der Waals surface area contributed by atoms with Crippen LogP contribution in [0.2, 0.25) is 0 Å². The van der Waals surface area contributed by atoms with Gasteiger partial charge in [0.2, 0.25) is 5.91 Å². The fourth-order valence-electron chi connectivity index (χ4n) is 2.89. The first kappa shape index (κ1) is 15.9. The molecule has 3 heteroatoms. The summed E-state index contributed by atoms with van der Waals surface area (Å²) >= 11 is 0. The lowest BCUT2D eigenvalue weighted by molar-refractivity contribution is -0.119. The van der Waals surface area contributed by atoms with Gasteiger partial charge < -0.3 is 10.2 Å². The van der Waals surface area contributed by atoms with E-state index in [0.717, 1.165) is 24.3 Å². The molecule has 0 saturated heterocycles. The van der Waals surface area contributed by atoms with Crippen molar-refractivity contribution >= 4 is 17.3 Å². The van der Waals surface area contributed by atoms with Crippen LogP contribution in [0.4, 0.5) is 11.4 Å². The van der Waals surface area contributed by atoms with Crippen LogP contribution in [-0.4, -0.2) is 18.5 Å². The Morgan fingerprint density at radius 3 is 2.48 bits per heavy atom. The summed E-state index contributed by atoms with van der Waals surface area (Å²) in [5.41, 5.74) is 4.66. The molecule has 116 valence electrons. The van der Waals surface area contributed by atoms with Crippen molar-refractivity contribution in [1.82, 2.24) is 0 Å². The average molecular weight is 288 g/mol. The monoisotopic (exact) mass is 288 g/mol. The Morgan fingerprint density at radius 2 is 1.76 bits per heavy atom. The molecule has 0 fully saturated rings. The van der Waals surface area contributed by atoms with Gasteiger partial charge in [-0.3, -0.25) is 4.79 Å². The number of unbranched alkanes of at least 4 members (excludes halogenated alkanes) is 4. The van der Waals surface area contributed by atoms with E-state index in [4.69, 9.17) is 0 Å². The topological polar surface area (TPSA) is 32.3 Å². The molecule has 0 aromatic heterocycles. The minimum absolute atomic E-state index is 0.129. The molecule has 21 heavy (non-hydrogen) atoms. The first-order chi connectivity index (χ1) is 10.0. The van der Waals surface area contributed by atoms with Crippen LogP contribution in [0.3, 0.4) is 0 Å². The molecule has 0 bridgehead atoms. The summed E-state index contributed by atoms with van der Waals surface area (Å²) in [6.45, 7) is 9.24. The van der Waals surface area contributed by atoms with Crippen molar-refractivity contribution in [2.75, 3.05) is 16.8 Å². The number of carbonyl (C=O) groups is 1. The fourth-order valence-corrected chi connectivity index (χ4v) is 2.89. The third kappa shape index (κ3) is 3.58. The van der Waals surface area contributed by atoms with Crippen LogP contribution in [0.1, 0.15) is 57.1 Å². The number of hydrogen-bond donors (Lipinski definition) is 1. The molecule has 1 N–H and O–H groups in total. The maximum absolute atomic E-state index is 12.5. The highest BCUT2D eigenvalue weighted by Gasteiger charge is 2.29. The number of benzene rings is 1. The molecule has 1 aliphatic heterocycles. The number of fused-ring (bicyclic) bond motifs is 1. The third-order valence-electron chi connectivity index (χ3n) is 4.40. The molecule has 1 heterocycles. The Morgan fingerprint density at radius 1 is 1.10 bits per heavy atom. The Bertz CT molecular complexity index is 510. The maximum Gasteiger partial charge on any atom is 0.249 e. The van der Waals surface area contributed by atoms with Crippen LogP contribution in [0.25, 0.3) is 0 Å². The largest absolute Gasteiger partial charge is 0.372 e. The zero-order valence-electron chi connectivity index (χ0n) is 13.8. The van der Waals surface area contributed by atoms with E-state index in [1.807, 2.05) is 11.8 Å². The van der Waals surface area contributed by atoms with Crippen LogP contribution in [0.5, 0.6) is 0 Å². The van der Waals surface area contributed by atoms with Crippen LogP contribution in [0, 0.1) is 13.8 Å². The third-order valence-corrected chi connectivity index (χ3v) is 4.40. The molecular formula is C18H28N2O. The van der Waals surface area contributed by atoms with E-state index < -0.39 is 0 Å². The highest BCUT2D eigenvalue weighted by molar-refractivity contribution is 6.04. The summed E-state index contributed by atoms with van der Waals surface area (Å²) < 4.78 is 0. The SMILES string of the molecule is CCCCCCCN1C(=O)C(C)Nc2cc(C)c(C)cc21. The number of aryl methyl sites for hydroxylation is 2. The second kappa shape index (κ2) is 6.97. The number of carbonyl (C=O) groups excluding carboxylic acids is 1. The highest BCUT2D eigenvalue weighted by atomic mass is 16.2. The Hall–Kier alpha value is -1.51. The second-order valence-electron chi connectivity index (χ2n) is 6.22. The number of hydrogen-bond acceptors (Lipinski definition) is 2. The van der Waals surface area contributed by atoms with Gasteiger partial charge in [0.25, 0.3) is 0 Å². The van der Waals surface area contributed by atoms with Crippen molar-refractivity contribution in [2.24, 2.45) is 0 Å². The van der Waals surface area contributed by atoms with E-state index in [1.165, 1.54) is 36.8 Å². The summed E-state index contributed by atoms with van der Waals surface area (Å²) in [5.74, 6) is 0.196. The Balaban J connectivity index is 2.12. The first-order valence-corrected chi connectivity index (χ1v) is 8.23. The van der Waals surface area contributed by atoms with E-state index in [2.05, 4.69) is 38.2 Å². The van der Waals surface area contributed by atoms with E-state index in [-0.39, 0.29) is 11.9 Å². The Labute approximate surface area is 128 Å². The number of anilines is 2. The Kier molecular flexibility index (Phi) is 5.27. The van der Waals surface area contributed by atoms with Crippen molar-refractivity contribution in [1.29, 1.82) is 0 Å². The molecular weight excluding hydrogens is 260 g/mol. The number of nitrogens with zero attached hydrogens (tertiary/aromatic N) is 1. The molecule has 1 aromatic carbocycles. The lowest BCUT2D eigenvalue weighted by atomic mass is 10.0. The second-order valence-corrected chi connectivity index (χ2v) is 6.22. The van der Waals surface area contributed by atoms with Crippen LogP contribution in [-0.2, 0) is 4.79 Å².